The number of anilines is 2. The molecular weight excluding hydrogens is 316 g/mol. The fourth-order valence-electron chi connectivity index (χ4n) is 1.65. The van der Waals surface area contributed by atoms with Gasteiger partial charge in [0.15, 0.2) is 4.34 Å². The van der Waals surface area contributed by atoms with Gasteiger partial charge in [-0.15, -0.1) is 10.2 Å². The van der Waals surface area contributed by atoms with Gasteiger partial charge in [0.2, 0.25) is 11.0 Å². The van der Waals surface area contributed by atoms with Crippen molar-refractivity contribution in [3.63, 3.8) is 0 Å². The van der Waals surface area contributed by atoms with Crippen molar-refractivity contribution in [2.45, 2.75) is 18.2 Å². The van der Waals surface area contributed by atoms with Crippen LogP contribution in [-0.2, 0) is 4.79 Å². The molecular formula is C15H20N4OS2. The molecule has 22 heavy (non-hydrogen) atoms. The molecule has 1 N–H and O–H groups in total. The standard InChI is InChI=1S/C15H20N4OS2/c1-11(2)9-16-14-17-18-15(22-14)21-10-13(20)19(3)12-7-5-4-6-8-12/h4-8,11H,9-10H2,1-3H3,(H,16,17). The van der Waals surface area contributed by atoms with Crippen molar-refractivity contribution in [3.05, 3.63) is 30.3 Å². The number of nitrogens with one attached hydrogen (secondary N) is 1. The van der Waals surface area contributed by atoms with Gasteiger partial charge in [0.05, 0.1) is 5.75 Å². The highest BCUT2D eigenvalue weighted by molar-refractivity contribution is 8.01. The topological polar surface area (TPSA) is 58.1 Å². The van der Waals surface area contributed by atoms with Crippen molar-refractivity contribution in [3.8, 4) is 0 Å². The molecule has 7 heteroatoms. The minimum atomic E-state index is 0.0445. The van der Waals surface area contributed by atoms with E-state index in [1.54, 1.807) is 11.9 Å². The second kappa shape index (κ2) is 8.14. The van der Waals surface area contributed by atoms with E-state index in [1.165, 1.54) is 23.1 Å². The predicted molar refractivity (Wildman–Crippen MR) is 93.8 cm³/mol. The molecule has 1 aromatic heterocycles. The quantitative estimate of drug-likeness (QED) is 0.786. The number of nitrogens with zero attached hydrogens (tertiary/aromatic N) is 3. The van der Waals surface area contributed by atoms with Crippen LogP contribution in [-0.4, -0.2) is 35.4 Å². The Morgan fingerprint density at radius 1 is 1.32 bits per heavy atom. The molecule has 1 heterocycles. The Hall–Kier alpha value is -1.60. The number of carbonyl (C=O) groups excluding carboxylic acids is 1. The molecule has 0 saturated carbocycles. The molecule has 0 aliphatic rings. The number of hydrogen-bond acceptors (Lipinski definition) is 6. The van der Waals surface area contributed by atoms with Gasteiger partial charge in [0, 0.05) is 19.3 Å². The van der Waals surface area contributed by atoms with Crippen LogP contribution >= 0.6 is 23.1 Å². The molecule has 0 fully saturated rings. The van der Waals surface area contributed by atoms with Crippen LogP contribution < -0.4 is 10.2 Å². The van der Waals surface area contributed by atoms with E-state index >= 15 is 0 Å². The van der Waals surface area contributed by atoms with E-state index in [-0.39, 0.29) is 5.91 Å². The molecule has 0 atom stereocenters. The molecule has 0 unspecified atom stereocenters. The lowest BCUT2D eigenvalue weighted by molar-refractivity contribution is -0.115. The molecule has 5 nitrogen and oxygen atoms in total. The summed E-state index contributed by atoms with van der Waals surface area (Å²) in [5.41, 5.74) is 0.893. The summed E-state index contributed by atoms with van der Waals surface area (Å²) in [6.45, 7) is 5.15. The smallest absolute Gasteiger partial charge is 0.237 e. The normalized spacial score (nSPS) is 10.7. The number of hydrogen-bond donors (Lipinski definition) is 1. The fourth-order valence-corrected chi connectivity index (χ4v) is 3.32. The number of benzene rings is 1. The van der Waals surface area contributed by atoms with Gasteiger partial charge in [0.25, 0.3) is 0 Å². The Balaban J connectivity index is 1.83. The van der Waals surface area contributed by atoms with E-state index in [4.69, 9.17) is 0 Å². The zero-order valence-corrected chi connectivity index (χ0v) is 14.6. The Labute approximate surface area is 139 Å². The van der Waals surface area contributed by atoms with E-state index in [9.17, 15) is 4.79 Å². The van der Waals surface area contributed by atoms with Crippen LogP contribution in [0.4, 0.5) is 10.8 Å². The summed E-state index contributed by atoms with van der Waals surface area (Å²) < 4.78 is 0.807. The molecule has 1 aromatic carbocycles. The van der Waals surface area contributed by atoms with Crippen molar-refractivity contribution in [1.29, 1.82) is 0 Å². The van der Waals surface area contributed by atoms with E-state index in [1.807, 2.05) is 30.3 Å². The van der Waals surface area contributed by atoms with Crippen molar-refractivity contribution in [2.24, 2.45) is 5.92 Å². The average Bonchev–Trinajstić information content (AvgIpc) is 2.98. The van der Waals surface area contributed by atoms with E-state index in [2.05, 4.69) is 29.4 Å². The summed E-state index contributed by atoms with van der Waals surface area (Å²) in [5.74, 6) is 0.953. The van der Waals surface area contributed by atoms with Crippen LogP contribution in [0, 0.1) is 5.92 Å². The Bertz CT molecular complexity index is 601. The zero-order valence-electron chi connectivity index (χ0n) is 12.9. The third kappa shape index (κ3) is 4.99. The first-order chi connectivity index (χ1) is 10.6. The van der Waals surface area contributed by atoms with Crippen molar-refractivity contribution >= 4 is 39.8 Å². The van der Waals surface area contributed by atoms with Gasteiger partial charge in [-0.2, -0.15) is 0 Å². The molecule has 1 amide bonds. The first kappa shape index (κ1) is 16.8. The monoisotopic (exact) mass is 336 g/mol. The molecule has 0 aliphatic carbocycles. The van der Waals surface area contributed by atoms with E-state index in [0.717, 1.165) is 21.7 Å². The number of para-hydroxylation sites is 1. The zero-order chi connectivity index (χ0) is 15.9. The van der Waals surface area contributed by atoms with Crippen LogP contribution in [0.2, 0.25) is 0 Å². The number of rotatable bonds is 7. The van der Waals surface area contributed by atoms with Gasteiger partial charge in [0.1, 0.15) is 0 Å². The second-order valence-electron chi connectivity index (χ2n) is 5.22. The minimum Gasteiger partial charge on any atom is -0.360 e. The maximum atomic E-state index is 12.2. The molecule has 0 bridgehead atoms. The Kier molecular flexibility index (Phi) is 6.21. The minimum absolute atomic E-state index is 0.0445. The van der Waals surface area contributed by atoms with Crippen LogP contribution in [0.15, 0.2) is 34.7 Å². The second-order valence-corrected chi connectivity index (χ2v) is 7.42. The lowest BCUT2D eigenvalue weighted by Gasteiger charge is -2.16. The number of carbonyl (C=O) groups is 1. The van der Waals surface area contributed by atoms with Crippen molar-refractivity contribution in [1.82, 2.24) is 10.2 Å². The van der Waals surface area contributed by atoms with Crippen LogP contribution in [0.1, 0.15) is 13.8 Å². The largest absolute Gasteiger partial charge is 0.360 e. The Morgan fingerprint density at radius 2 is 2.05 bits per heavy atom. The number of aromatic nitrogens is 2. The Morgan fingerprint density at radius 3 is 2.73 bits per heavy atom. The summed E-state index contributed by atoms with van der Waals surface area (Å²) >= 11 is 2.90. The summed E-state index contributed by atoms with van der Waals surface area (Å²) in [6, 6.07) is 9.61. The lowest BCUT2D eigenvalue weighted by Crippen LogP contribution is -2.27. The summed E-state index contributed by atoms with van der Waals surface area (Å²) in [7, 11) is 1.79. The third-order valence-electron chi connectivity index (χ3n) is 2.90. The van der Waals surface area contributed by atoms with Gasteiger partial charge in [-0.05, 0) is 18.1 Å². The highest BCUT2D eigenvalue weighted by Crippen LogP contribution is 2.26. The SMILES string of the molecule is CC(C)CNc1nnc(SCC(=O)N(C)c2ccccc2)s1. The lowest BCUT2D eigenvalue weighted by atomic mass is 10.2. The van der Waals surface area contributed by atoms with Crippen LogP contribution in [0.25, 0.3) is 0 Å². The molecule has 0 aliphatic heterocycles. The molecule has 2 aromatic rings. The van der Waals surface area contributed by atoms with Crippen molar-refractivity contribution < 1.29 is 4.79 Å². The first-order valence-electron chi connectivity index (χ1n) is 7.08. The van der Waals surface area contributed by atoms with Gasteiger partial charge < -0.3 is 10.2 Å². The van der Waals surface area contributed by atoms with E-state index < -0.39 is 0 Å². The highest BCUT2D eigenvalue weighted by Gasteiger charge is 2.13. The highest BCUT2D eigenvalue weighted by atomic mass is 32.2. The number of thioether (sulfide) groups is 1. The molecule has 2 rings (SSSR count). The maximum Gasteiger partial charge on any atom is 0.237 e. The molecule has 118 valence electrons. The van der Waals surface area contributed by atoms with Gasteiger partial charge >= 0.3 is 0 Å². The molecule has 0 saturated heterocycles. The van der Waals surface area contributed by atoms with Gasteiger partial charge in [-0.1, -0.05) is 55.1 Å². The maximum absolute atomic E-state index is 12.2. The van der Waals surface area contributed by atoms with Gasteiger partial charge in [-0.25, -0.2) is 0 Å². The summed E-state index contributed by atoms with van der Waals surface area (Å²) in [4.78, 5) is 13.8. The summed E-state index contributed by atoms with van der Waals surface area (Å²) in [5, 5.41) is 12.2. The first-order valence-corrected chi connectivity index (χ1v) is 8.88. The van der Waals surface area contributed by atoms with Crippen molar-refractivity contribution in [2.75, 3.05) is 29.6 Å². The van der Waals surface area contributed by atoms with E-state index in [0.29, 0.717) is 11.7 Å². The molecule has 0 spiro atoms. The van der Waals surface area contributed by atoms with Gasteiger partial charge in [-0.3, -0.25) is 4.79 Å². The van der Waals surface area contributed by atoms with Crippen LogP contribution in [0.5, 0.6) is 0 Å². The third-order valence-corrected chi connectivity index (χ3v) is 4.90. The fraction of sp³-hybridized carbons (Fsp3) is 0.400. The molecule has 0 radical (unpaired) electrons. The number of amides is 1. The van der Waals surface area contributed by atoms with Crippen LogP contribution in [0.3, 0.4) is 0 Å². The predicted octanol–water partition coefficient (Wildman–Crippen LogP) is 3.36. The average molecular weight is 336 g/mol. The summed E-state index contributed by atoms with van der Waals surface area (Å²) in [6.07, 6.45) is 0.